The van der Waals surface area contributed by atoms with Crippen LogP contribution in [0.4, 0.5) is 0 Å². The molecule has 0 aromatic heterocycles. The van der Waals surface area contributed by atoms with E-state index in [0.29, 0.717) is 24.8 Å². The Labute approximate surface area is 177 Å². The van der Waals surface area contributed by atoms with Gasteiger partial charge in [0.25, 0.3) is 0 Å². The number of ketones is 1. The summed E-state index contributed by atoms with van der Waals surface area (Å²) in [6, 6.07) is 0. The average molecular weight is 414 g/mol. The maximum Gasteiger partial charge on any atom is 0.331 e. The van der Waals surface area contributed by atoms with Gasteiger partial charge in [-0.3, -0.25) is 9.59 Å². The minimum atomic E-state index is -1.62. The SMILES string of the molecule is C=C1C2(C)CC3=C(C)C4(C=CC(=O)OC4(C)C)CCC3(C)C1(C(=O)OC)C(=O)C2O. The highest BCUT2D eigenvalue weighted by Gasteiger charge is 2.77. The minimum absolute atomic E-state index is 0.377. The Bertz CT molecular complexity index is 970. The van der Waals surface area contributed by atoms with Crippen molar-refractivity contribution >= 4 is 17.7 Å². The molecule has 5 unspecified atom stereocenters. The van der Waals surface area contributed by atoms with Crippen molar-refractivity contribution in [3.63, 3.8) is 0 Å². The molecule has 0 aromatic rings. The topological polar surface area (TPSA) is 89.9 Å². The second kappa shape index (κ2) is 5.72. The Morgan fingerprint density at radius 2 is 1.87 bits per heavy atom. The molecule has 1 aliphatic heterocycles. The van der Waals surface area contributed by atoms with Crippen LogP contribution in [0.25, 0.3) is 0 Å². The highest BCUT2D eigenvalue weighted by atomic mass is 16.6. The number of ether oxygens (including phenoxy) is 2. The van der Waals surface area contributed by atoms with E-state index < -0.39 is 45.1 Å². The van der Waals surface area contributed by atoms with Gasteiger partial charge in [0.05, 0.1) is 7.11 Å². The van der Waals surface area contributed by atoms with Crippen molar-refractivity contribution in [2.45, 2.75) is 65.6 Å². The summed E-state index contributed by atoms with van der Waals surface area (Å²) in [7, 11) is 1.27. The molecule has 0 amide bonds. The van der Waals surface area contributed by atoms with Crippen molar-refractivity contribution in [3.05, 3.63) is 35.5 Å². The predicted molar refractivity (Wildman–Crippen MR) is 109 cm³/mol. The Kier molecular flexibility index (Phi) is 4.01. The summed E-state index contributed by atoms with van der Waals surface area (Å²) < 4.78 is 10.9. The molecule has 162 valence electrons. The molecule has 0 radical (unpaired) electrons. The molecule has 4 aliphatic rings. The van der Waals surface area contributed by atoms with Gasteiger partial charge < -0.3 is 14.6 Å². The number of aliphatic hydroxyl groups excluding tert-OH is 1. The van der Waals surface area contributed by atoms with Crippen molar-refractivity contribution < 1.29 is 29.0 Å². The summed E-state index contributed by atoms with van der Waals surface area (Å²) in [4.78, 5) is 38.7. The normalized spacial score (nSPS) is 44.2. The number of allylic oxidation sites excluding steroid dienone is 1. The van der Waals surface area contributed by atoms with Crippen molar-refractivity contribution in [2.24, 2.45) is 21.7 Å². The molecule has 5 atom stereocenters. The van der Waals surface area contributed by atoms with Crippen LogP contribution in [0.3, 0.4) is 0 Å². The number of carbonyl (C=O) groups excluding carboxylic acids is 3. The quantitative estimate of drug-likeness (QED) is 0.403. The maximum absolute atomic E-state index is 13.5. The van der Waals surface area contributed by atoms with Gasteiger partial charge in [0.2, 0.25) is 0 Å². The van der Waals surface area contributed by atoms with Crippen LogP contribution in [0.5, 0.6) is 0 Å². The molecule has 4 rings (SSSR count). The zero-order valence-corrected chi connectivity index (χ0v) is 18.5. The third kappa shape index (κ3) is 1.92. The Morgan fingerprint density at radius 1 is 1.23 bits per heavy atom. The van der Waals surface area contributed by atoms with E-state index in [1.807, 2.05) is 33.8 Å². The molecule has 1 N–H and O–H groups in total. The fraction of sp³-hybridized carbons (Fsp3) is 0.625. The van der Waals surface area contributed by atoms with Gasteiger partial charge in [-0.15, -0.1) is 0 Å². The number of hydrogen-bond acceptors (Lipinski definition) is 6. The minimum Gasteiger partial charge on any atom is -0.468 e. The first-order valence-electron chi connectivity index (χ1n) is 10.4. The molecular weight excluding hydrogens is 384 g/mol. The zero-order chi connectivity index (χ0) is 22.5. The van der Waals surface area contributed by atoms with Gasteiger partial charge in [0.15, 0.2) is 11.2 Å². The lowest BCUT2D eigenvalue weighted by atomic mass is 9.43. The maximum atomic E-state index is 13.5. The first-order valence-corrected chi connectivity index (χ1v) is 10.4. The van der Waals surface area contributed by atoms with Gasteiger partial charge in [-0.1, -0.05) is 37.6 Å². The lowest BCUT2D eigenvalue weighted by molar-refractivity contribution is -0.166. The molecule has 6 nitrogen and oxygen atoms in total. The van der Waals surface area contributed by atoms with Crippen LogP contribution in [0.1, 0.15) is 53.9 Å². The molecule has 30 heavy (non-hydrogen) atoms. The fourth-order valence-corrected chi connectivity index (χ4v) is 6.97. The van der Waals surface area contributed by atoms with E-state index >= 15 is 0 Å². The first-order chi connectivity index (χ1) is 13.8. The second-order valence-electron chi connectivity index (χ2n) is 10.3. The molecule has 6 heteroatoms. The predicted octanol–water partition coefficient (Wildman–Crippen LogP) is 3.05. The van der Waals surface area contributed by atoms with Crippen LogP contribution in [0, 0.1) is 21.7 Å². The molecule has 1 heterocycles. The number of esters is 2. The van der Waals surface area contributed by atoms with Gasteiger partial charge >= 0.3 is 11.9 Å². The summed E-state index contributed by atoms with van der Waals surface area (Å²) in [6.45, 7) is 13.7. The molecule has 2 bridgehead atoms. The lowest BCUT2D eigenvalue weighted by Gasteiger charge is -2.59. The van der Waals surface area contributed by atoms with E-state index in [0.717, 1.165) is 11.1 Å². The zero-order valence-electron chi connectivity index (χ0n) is 18.5. The van der Waals surface area contributed by atoms with Gasteiger partial charge in [0.1, 0.15) is 11.7 Å². The van der Waals surface area contributed by atoms with Crippen LogP contribution in [0.15, 0.2) is 35.5 Å². The molecular formula is C24H30O6. The van der Waals surface area contributed by atoms with Crippen LogP contribution < -0.4 is 0 Å². The van der Waals surface area contributed by atoms with Crippen LogP contribution in [-0.2, 0) is 23.9 Å². The molecule has 1 spiro atoms. The summed E-state index contributed by atoms with van der Waals surface area (Å²) in [5, 5.41) is 11.0. The Hall–Kier alpha value is -2.21. The van der Waals surface area contributed by atoms with Gasteiger partial charge in [-0.2, -0.15) is 0 Å². The van der Waals surface area contributed by atoms with Gasteiger partial charge in [-0.05, 0) is 45.6 Å². The van der Waals surface area contributed by atoms with Crippen molar-refractivity contribution in [3.8, 4) is 0 Å². The van der Waals surface area contributed by atoms with Crippen LogP contribution >= 0.6 is 0 Å². The van der Waals surface area contributed by atoms with Gasteiger partial charge in [0, 0.05) is 22.3 Å². The highest BCUT2D eigenvalue weighted by molar-refractivity contribution is 6.14. The van der Waals surface area contributed by atoms with E-state index in [2.05, 4.69) is 6.58 Å². The Morgan fingerprint density at radius 3 is 2.43 bits per heavy atom. The van der Waals surface area contributed by atoms with E-state index in [9.17, 15) is 19.5 Å². The third-order valence-electron chi connectivity index (χ3n) is 8.97. The molecule has 2 saturated carbocycles. The molecule has 3 aliphatic carbocycles. The number of carbonyl (C=O) groups is 3. The second-order valence-corrected chi connectivity index (χ2v) is 10.3. The standard InChI is InChI=1S/C24H30O6/c1-13-15-12-21(5)14(2)24(19(28)29-7,18(27)17(21)26)22(15,6)10-11-23(13)9-8-16(25)30-20(23,3)4/h8-9,17,26H,2,10-12H2,1,3-7H3. The van der Waals surface area contributed by atoms with Gasteiger partial charge in [-0.25, -0.2) is 4.79 Å². The van der Waals surface area contributed by atoms with E-state index in [1.165, 1.54) is 13.2 Å². The number of hydrogen-bond donors (Lipinski definition) is 1. The number of aliphatic hydroxyl groups is 1. The fourth-order valence-electron chi connectivity index (χ4n) is 6.97. The molecule has 0 aromatic carbocycles. The van der Waals surface area contributed by atoms with E-state index in [1.54, 1.807) is 6.92 Å². The number of cyclic esters (lactones) is 1. The number of Topliss-reactive ketones (excluding diaryl/α,β-unsaturated/α-hetero) is 1. The van der Waals surface area contributed by atoms with Crippen molar-refractivity contribution in [2.75, 3.05) is 7.11 Å². The van der Waals surface area contributed by atoms with Crippen LogP contribution in [0.2, 0.25) is 0 Å². The summed E-state index contributed by atoms with van der Waals surface area (Å²) in [6.07, 6.45) is 3.55. The summed E-state index contributed by atoms with van der Waals surface area (Å²) in [5.41, 5.74) is -2.40. The van der Waals surface area contributed by atoms with E-state index in [-0.39, 0.29) is 5.97 Å². The number of methoxy groups -OCH3 is 1. The molecule has 0 saturated heterocycles. The van der Waals surface area contributed by atoms with Crippen LogP contribution in [-0.4, -0.2) is 41.6 Å². The van der Waals surface area contributed by atoms with E-state index in [4.69, 9.17) is 9.47 Å². The smallest absolute Gasteiger partial charge is 0.331 e. The summed E-state index contributed by atoms with van der Waals surface area (Å²) in [5.74, 6) is -1.56. The Balaban J connectivity index is 2.05. The lowest BCUT2D eigenvalue weighted by Crippen LogP contribution is -2.59. The monoisotopic (exact) mass is 414 g/mol. The van der Waals surface area contributed by atoms with Crippen molar-refractivity contribution in [1.29, 1.82) is 0 Å². The number of rotatable bonds is 1. The van der Waals surface area contributed by atoms with Crippen molar-refractivity contribution in [1.82, 2.24) is 0 Å². The average Bonchev–Trinajstić information content (AvgIpc) is 2.78. The highest BCUT2D eigenvalue weighted by Crippen LogP contribution is 2.73. The largest absolute Gasteiger partial charge is 0.468 e. The number of fused-ring (bicyclic) bond motifs is 4. The summed E-state index contributed by atoms with van der Waals surface area (Å²) >= 11 is 0. The third-order valence-corrected chi connectivity index (χ3v) is 8.97. The first kappa shape index (κ1) is 21.0. The molecule has 2 fully saturated rings.